The molecule has 0 bridgehead atoms. The van der Waals surface area contributed by atoms with Crippen LogP contribution in [-0.2, 0) is 19.0 Å². The SMILES string of the molecule is Cc1nn(C)c(Cl)c1COc1ccc(CBr)cc1. The van der Waals surface area contributed by atoms with Crippen LogP contribution >= 0.6 is 27.5 Å². The Hall–Kier alpha value is -1.000. The van der Waals surface area contributed by atoms with Gasteiger partial charge in [-0.25, -0.2) is 0 Å². The number of hydrogen-bond donors (Lipinski definition) is 0. The third-order valence-electron chi connectivity index (χ3n) is 2.73. The molecule has 0 N–H and O–H groups in total. The standard InChI is InChI=1S/C13H14BrClN2O/c1-9-12(13(15)17(2)16-9)8-18-11-5-3-10(7-14)4-6-11/h3-6H,7-8H2,1-2H3. The molecule has 5 heteroatoms. The van der Waals surface area contributed by atoms with E-state index in [1.165, 1.54) is 5.56 Å². The van der Waals surface area contributed by atoms with E-state index < -0.39 is 0 Å². The third kappa shape index (κ3) is 2.87. The predicted molar refractivity (Wildman–Crippen MR) is 76.4 cm³/mol. The fourth-order valence-electron chi connectivity index (χ4n) is 1.67. The van der Waals surface area contributed by atoms with Gasteiger partial charge in [0.05, 0.1) is 5.69 Å². The number of aromatic nitrogens is 2. The van der Waals surface area contributed by atoms with Crippen LogP contribution in [0.4, 0.5) is 0 Å². The maximum atomic E-state index is 6.14. The number of alkyl halides is 1. The van der Waals surface area contributed by atoms with Crippen molar-refractivity contribution < 1.29 is 4.74 Å². The summed E-state index contributed by atoms with van der Waals surface area (Å²) in [6.45, 7) is 2.37. The zero-order valence-electron chi connectivity index (χ0n) is 10.3. The van der Waals surface area contributed by atoms with Crippen LogP contribution in [0.2, 0.25) is 5.15 Å². The Bertz CT molecular complexity index is 537. The van der Waals surface area contributed by atoms with Gasteiger partial charge in [0.2, 0.25) is 0 Å². The van der Waals surface area contributed by atoms with E-state index in [-0.39, 0.29) is 0 Å². The second-order valence-corrected chi connectivity index (χ2v) is 4.96. The summed E-state index contributed by atoms with van der Waals surface area (Å²) in [5.41, 5.74) is 3.06. The Kier molecular flexibility index (Phi) is 4.30. The average molecular weight is 330 g/mol. The summed E-state index contributed by atoms with van der Waals surface area (Å²) in [5.74, 6) is 0.832. The zero-order valence-corrected chi connectivity index (χ0v) is 12.6. The van der Waals surface area contributed by atoms with Gasteiger partial charge in [0.1, 0.15) is 17.5 Å². The number of benzene rings is 1. The third-order valence-corrected chi connectivity index (χ3v) is 3.85. The number of nitrogens with zero attached hydrogens (tertiary/aromatic N) is 2. The minimum absolute atomic E-state index is 0.437. The van der Waals surface area contributed by atoms with Crippen LogP contribution in [0.5, 0.6) is 5.75 Å². The highest BCUT2D eigenvalue weighted by molar-refractivity contribution is 9.08. The largest absolute Gasteiger partial charge is 0.489 e. The Labute approximate surface area is 120 Å². The molecule has 0 saturated carbocycles. The van der Waals surface area contributed by atoms with E-state index in [1.807, 2.05) is 38.2 Å². The van der Waals surface area contributed by atoms with Crippen LogP contribution < -0.4 is 4.74 Å². The maximum absolute atomic E-state index is 6.14. The van der Waals surface area contributed by atoms with Crippen molar-refractivity contribution in [1.82, 2.24) is 9.78 Å². The Morgan fingerprint density at radius 2 is 2.00 bits per heavy atom. The van der Waals surface area contributed by atoms with E-state index >= 15 is 0 Å². The fourth-order valence-corrected chi connectivity index (χ4v) is 2.27. The molecule has 2 rings (SSSR count). The number of ether oxygens (including phenoxy) is 1. The monoisotopic (exact) mass is 328 g/mol. The zero-order chi connectivity index (χ0) is 13.1. The van der Waals surface area contributed by atoms with Crippen LogP contribution in [-0.4, -0.2) is 9.78 Å². The molecule has 3 nitrogen and oxygen atoms in total. The van der Waals surface area contributed by atoms with E-state index in [0.29, 0.717) is 11.8 Å². The quantitative estimate of drug-likeness (QED) is 0.797. The van der Waals surface area contributed by atoms with Gasteiger partial charge >= 0.3 is 0 Å². The van der Waals surface area contributed by atoms with E-state index in [2.05, 4.69) is 21.0 Å². The van der Waals surface area contributed by atoms with Crippen LogP contribution in [0.25, 0.3) is 0 Å². The molecule has 0 amide bonds. The lowest BCUT2D eigenvalue weighted by Crippen LogP contribution is -1.97. The lowest BCUT2D eigenvalue weighted by molar-refractivity contribution is 0.305. The number of hydrogen-bond acceptors (Lipinski definition) is 2. The first-order valence-electron chi connectivity index (χ1n) is 5.57. The fraction of sp³-hybridized carbons (Fsp3) is 0.308. The Morgan fingerprint density at radius 1 is 1.33 bits per heavy atom. The molecule has 1 heterocycles. The normalized spacial score (nSPS) is 10.7. The molecule has 0 aliphatic carbocycles. The van der Waals surface area contributed by atoms with Crippen LogP contribution in [0.1, 0.15) is 16.8 Å². The minimum Gasteiger partial charge on any atom is -0.489 e. The molecule has 18 heavy (non-hydrogen) atoms. The summed E-state index contributed by atoms with van der Waals surface area (Å²) in [6, 6.07) is 7.97. The van der Waals surface area contributed by atoms with E-state index in [4.69, 9.17) is 16.3 Å². The van der Waals surface area contributed by atoms with Gasteiger partial charge in [0.15, 0.2) is 0 Å². The molecule has 0 saturated heterocycles. The Morgan fingerprint density at radius 3 is 2.50 bits per heavy atom. The molecule has 0 aliphatic rings. The van der Waals surface area contributed by atoms with Crippen LogP contribution in [0.3, 0.4) is 0 Å². The molecule has 2 aromatic rings. The summed E-state index contributed by atoms with van der Waals surface area (Å²) in [7, 11) is 1.82. The first-order valence-corrected chi connectivity index (χ1v) is 7.07. The van der Waals surface area contributed by atoms with Crippen LogP contribution in [0.15, 0.2) is 24.3 Å². The van der Waals surface area contributed by atoms with E-state index in [9.17, 15) is 0 Å². The lowest BCUT2D eigenvalue weighted by Gasteiger charge is -2.06. The van der Waals surface area contributed by atoms with Gasteiger partial charge in [0, 0.05) is 17.9 Å². The Balaban J connectivity index is 2.06. The second-order valence-electron chi connectivity index (χ2n) is 4.04. The van der Waals surface area contributed by atoms with E-state index in [0.717, 1.165) is 22.3 Å². The van der Waals surface area contributed by atoms with Gasteiger partial charge in [-0.3, -0.25) is 4.68 Å². The lowest BCUT2D eigenvalue weighted by atomic mass is 10.2. The van der Waals surface area contributed by atoms with Crippen molar-refractivity contribution in [3.8, 4) is 5.75 Å². The molecule has 1 aromatic heterocycles. The molecule has 0 fully saturated rings. The highest BCUT2D eigenvalue weighted by atomic mass is 79.9. The molecule has 0 atom stereocenters. The van der Waals surface area contributed by atoms with Gasteiger partial charge in [-0.1, -0.05) is 39.7 Å². The van der Waals surface area contributed by atoms with Gasteiger partial charge in [-0.15, -0.1) is 0 Å². The van der Waals surface area contributed by atoms with Gasteiger partial charge in [-0.2, -0.15) is 5.10 Å². The van der Waals surface area contributed by atoms with Gasteiger partial charge in [-0.05, 0) is 24.6 Å². The van der Waals surface area contributed by atoms with Crippen molar-refractivity contribution in [2.75, 3.05) is 0 Å². The van der Waals surface area contributed by atoms with Crippen molar-refractivity contribution >= 4 is 27.5 Å². The summed E-state index contributed by atoms with van der Waals surface area (Å²) >= 11 is 9.55. The van der Waals surface area contributed by atoms with Gasteiger partial charge < -0.3 is 4.74 Å². The van der Waals surface area contributed by atoms with Crippen molar-refractivity contribution in [3.63, 3.8) is 0 Å². The molecule has 1 aromatic carbocycles. The smallest absolute Gasteiger partial charge is 0.133 e. The second kappa shape index (κ2) is 5.76. The van der Waals surface area contributed by atoms with Crippen molar-refractivity contribution in [3.05, 3.63) is 46.2 Å². The van der Waals surface area contributed by atoms with Gasteiger partial charge in [0.25, 0.3) is 0 Å². The first-order chi connectivity index (χ1) is 8.61. The molecular formula is C13H14BrClN2O. The molecule has 0 aliphatic heterocycles. The van der Waals surface area contributed by atoms with E-state index in [1.54, 1.807) is 4.68 Å². The summed E-state index contributed by atoms with van der Waals surface area (Å²) in [6.07, 6.45) is 0. The molecule has 96 valence electrons. The van der Waals surface area contributed by atoms with Crippen LogP contribution in [0, 0.1) is 6.92 Å². The average Bonchev–Trinajstić information content (AvgIpc) is 2.62. The summed E-state index contributed by atoms with van der Waals surface area (Å²) in [5, 5.41) is 5.73. The van der Waals surface area contributed by atoms with Crippen molar-refractivity contribution in [1.29, 1.82) is 0 Å². The molecule has 0 unspecified atom stereocenters. The number of aryl methyl sites for hydroxylation is 2. The molecule has 0 radical (unpaired) electrons. The summed E-state index contributed by atoms with van der Waals surface area (Å²) in [4.78, 5) is 0. The maximum Gasteiger partial charge on any atom is 0.133 e. The number of halogens is 2. The molecule has 0 spiro atoms. The molecular weight excluding hydrogens is 316 g/mol. The highest BCUT2D eigenvalue weighted by Gasteiger charge is 2.11. The number of rotatable bonds is 4. The minimum atomic E-state index is 0.437. The first kappa shape index (κ1) is 13.4. The topological polar surface area (TPSA) is 27.1 Å². The summed E-state index contributed by atoms with van der Waals surface area (Å²) < 4.78 is 7.37. The highest BCUT2D eigenvalue weighted by Crippen LogP contribution is 2.21. The predicted octanol–water partition coefficient (Wildman–Crippen LogP) is 3.86. The van der Waals surface area contributed by atoms with Crippen molar-refractivity contribution in [2.24, 2.45) is 7.05 Å². The van der Waals surface area contributed by atoms with Crippen molar-refractivity contribution in [2.45, 2.75) is 18.9 Å².